The van der Waals surface area contributed by atoms with Gasteiger partial charge < -0.3 is 4.57 Å². The lowest BCUT2D eigenvalue weighted by molar-refractivity contribution is 0.317. The first-order valence-electron chi connectivity index (χ1n) is 6.34. The molecule has 0 N–H and O–H groups in total. The summed E-state index contributed by atoms with van der Waals surface area (Å²) in [6.45, 7) is 4.88. The van der Waals surface area contributed by atoms with E-state index in [0.717, 1.165) is 18.4 Å². The van der Waals surface area contributed by atoms with E-state index in [1.165, 1.54) is 0 Å². The van der Waals surface area contributed by atoms with Crippen LogP contribution in [0.3, 0.4) is 0 Å². The number of nitrogens with zero attached hydrogens (tertiary/aromatic N) is 3. The van der Waals surface area contributed by atoms with Crippen LogP contribution in [0.2, 0.25) is 5.15 Å². The van der Waals surface area contributed by atoms with Crippen molar-refractivity contribution in [1.82, 2.24) is 9.55 Å². The number of hydrogen-bond acceptors (Lipinski definition) is 2. The van der Waals surface area contributed by atoms with E-state index < -0.39 is 0 Å². The van der Waals surface area contributed by atoms with Crippen molar-refractivity contribution in [3.8, 4) is 6.07 Å². The fraction of sp³-hybridized carbons (Fsp3) is 0.333. The number of halogens is 2. The largest absolute Gasteiger partial charge is 0.349 e. The minimum absolute atomic E-state index is 0.187. The third-order valence-corrected chi connectivity index (χ3v) is 4.13. The van der Waals surface area contributed by atoms with Crippen molar-refractivity contribution in [2.24, 2.45) is 5.41 Å². The molecule has 2 aromatic rings. The summed E-state index contributed by atoms with van der Waals surface area (Å²) in [4.78, 5) is 3.76. The average Bonchev–Trinajstić information content (AvgIpc) is 2.86. The highest BCUT2D eigenvalue weighted by atomic mass is 35.5. The van der Waals surface area contributed by atoms with Crippen LogP contribution in [0.1, 0.15) is 36.6 Å². The number of rotatable bonds is 1. The van der Waals surface area contributed by atoms with Gasteiger partial charge in [-0.3, -0.25) is 0 Å². The quantitative estimate of drug-likeness (QED) is 0.751. The van der Waals surface area contributed by atoms with E-state index in [0.29, 0.717) is 11.1 Å². The molecule has 3 heterocycles. The number of aromatic nitrogens is 2. The summed E-state index contributed by atoms with van der Waals surface area (Å²) in [5.74, 6) is -0.585. The van der Waals surface area contributed by atoms with Crippen molar-refractivity contribution in [3.63, 3.8) is 0 Å². The Morgan fingerprint density at radius 2 is 2.30 bits per heavy atom. The SMILES string of the molecule is CC1(C)Cn2ccc(C#N)c2C1c1cc(Cl)ncc1F. The first kappa shape index (κ1) is 13.1. The zero-order valence-corrected chi connectivity index (χ0v) is 11.9. The molecule has 5 heteroatoms. The van der Waals surface area contributed by atoms with Gasteiger partial charge in [0.1, 0.15) is 17.0 Å². The topological polar surface area (TPSA) is 41.6 Å². The molecule has 0 aromatic carbocycles. The molecule has 20 heavy (non-hydrogen) atoms. The van der Waals surface area contributed by atoms with Crippen LogP contribution in [0, 0.1) is 22.6 Å². The molecule has 0 spiro atoms. The number of nitriles is 1. The van der Waals surface area contributed by atoms with Crippen LogP contribution in [0.15, 0.2) is 24.5 Å². The van der Waals surface area contributed by atoms with Crippen LogP contribution < -0.4 is 0 Å². The smallest absolute Gasteiger partial charge is 0.145 e. The maximum Gasteiger partial charge on any atom is 0.145 e. The van der Waals surface area contributed by atoms with E-state index in [-0.39, 0.29) is 22.3 Å². The predicted octanol–water partition coefficient (Wildman–Crippen LogP) is 3.72. The van der Waals surface area contributed by atoms with E-state index in [2.05, 4.69) is 24.9 Å². The van der Waals surface area contributed by atoms with E-state index in [9.17, 15) is 9.65 Å². The third kappa shape index (κ3) is 1.82. The molecule has 1 aliphatic heterocycles. The second-order valence-corrected chi connectivity index (χ2v) is 6.19. The standard InChI is InChI=1S/C15H13ClFN3/c1-15(2)8-20-4-3-9(6-18)14(20)13(15)10-5-12(16)19-7-11(10)17/h3-5,7,13H,8H2,1-2H3. The van der Waals surface area contributed by atoms with Crippen molar-refractivity contribution < 1.29 is 4.39 Å². The highest BCUT2D eigenvalue weighted by Gasteiger charge is 2.43. The molecule has 1 atom stereocenters. The Labute approximate surface area is 121 Å². The van der Waals surface area contributed by atoms with E-state index >= 15 is 0 Å². The van der Waals surface area contributed by atoms with Crippen LogP contribution in [0.25, 0.3) is 0 Å². The number of fused-ring (bicyclic) bond motifs is 1. The highest BCUT2D eigenvalue weighted by Crippen LogP contribution is 2.49. The van der Waals surface area contributed by atoms with Gasteiger partial charge in [0.25, 0.3) is 0 Å². The monoisotopic (exact) mass is 289 g/mol. The van der Waals surface area contributed by atoms with Gasteiger partial charge in [-0.1, -0.05) is 25.4 Å². The Morgan fingerprint density at radius 1 is 1.55 bits per heavy atom. The second-order valence-electron chi connectivity index (χ2n) is 5.80. The lowest BCUT2D eigenvalue weighted by Crippen LogP contribution is -2.21. The van der Waals surface area contributed by atoms with Gasteiger partial charge >= 0.3 is 0 Å². The molecule has 102 valence electrons. The van der Waals surface area contributed by atoms with Crippen LogP contribution >= 0.6 is 11.6 Å². The lowest BCUT2D eigenvalue weighted by Gasteiger charge is -2.27. The summed E-state index contributed by atoms with van der Waals surface area (Å²) >= 11 is 5.91. The Balaban J connectivity index is 2.24. The molecular weight excluding hydrogens is 277 g/mol. The minimum atomic E-state index is -0.383. The normalized spacial score (nSPS) is 19.6. The van der Waals surface area contributed by atoms with Crippen LogP contribution in [-0.2, 0) is 6.54 Å². The molecule has 0 amide bonds. The van der Waals surface area contributed by atoms with Gasteiger partial charge in [-0.05, 0) is 17.5 Å². The van der Waals surface area contributed by atoms with Crippen molar-refractivity contribution in [1.29, 1.82) is 5.26 Å². The summed E-state index contributed by atoms with van der Waals surface area (Å²) < 4.78 is 16.2. The van der Waals surface area contributed by atoms with Crippen LogP contribution in [-0.4, -0.2) is 9.55 Å². The molecule has 0 radical (unpaired) electrons. The summed E-state index contributed by atoms with van der Waals surface area (Å²) in [7, 11) is 0. The van der Waals surface area contributed by atoms with Gasteiger partial charge in [0.05, 0.1) is 11.8 Å². The Bertz CT molecular complexity index is 727. The lowest BCUT2D eigenvalue weighted by atomic mass is 9.75. The third-order valence-electron chi connectivity index (χ3n) is 3.92. The molecule has 3 nitrogen and oxygen atoms in total. The van der Waals surface area contributed by atoms with Crippen molar-refractivity contribution in [3.05, 3.63) is 52.3 Å². The van der Waals surface area contributed by atoms with Gasteiger partial charge in [0.2, 0.25) is 0 Å². The predicted molar refractivity (Wildman–Crippen MR) is 74.0 cm³/mol. The summed E-state index contributed by atoms with van der Waals surface area (Å²) in [6.07, 6.45) is 3.03. The van der Waals surface area contributed by atoms with Gasteiger partial charge in [-0.15, -0.1) is 0 Å². The maximum atomic E-state index is 14.2. The number of pyridine rings is 1. The van der Waals surface area contributed by atoms with Gasteiger partial charge in [0, 0.05) is 29.9 Å². The Kier molecular flexibility index (Phi) is 2.84. The molecule has 0 aliphatic carbocycles. The molecule has 0 fully saturated rings. The van der Waals surface area contributed by atoms with Gasteiger partial charge in [-0.25, -0.2) is 9.37 Å². The fourth-order valence-electron chi connectivity index (χ4n) is 3.16. The van der Waals surface area contributed by atoms with Gasteiger partial charge in [-0.2, -0.15) is 5.26 Å². The van der Waals surface area contributed by atoms with E-state index in [1.807, 2.05) is 10.8 Å². The van der Waals surface area contributed by atoms with Gasteiger partial charge in [0.15, 0.2) is 0 Å². The molecule has 0 bridgehead atoms. The molecule has 2 aromatic heterocycles. The molecule has 0 saturated heterocycles. The second kappa shape index (κ2) is 4.32. The Hall–Kier alpha value is -1.86. The van der Waals surface area contributed by atoms with Crippen LogP contribution in [0.4, 0.5) is 4.39 Å². The van der Waals surface area contributed by atoms with E-state index in [1.54, 1.807) is 12.1 Å². The van der Waals surface area contributed by atoms with Crippen molar-refractivity contribution in [2.75, 3.05) is 0 Å². The molecule has 1 aliphatic rings. The zero-order valence-electron chi connectivity index (χ0n) is 11.2. The summed E-state index contributed by atoms with van der Waals surface area (Å²) in [5, 5.41) is 9.52. The molecule has 3 rings (SSSR count). The first-order chi connectivity index (χ1) is 9.44. The van der Waals surface area contributed by atoms with E-state index in [4.69, 9.17) is 11.6 Å². The Morgan fingerprint density at radius 3 is 3.00 bits per heavy atom. The molecule has 1 unspecified atom stereocenters. The van der Waals surface area contributed by atoms with Crippen LogP contribution in [0.5, 0.6) is 0 Å². The van der Waals surface area contributed by atoms with Crippen molar-refractivity contribution in [2.45, 2.75) is 26.3 Å². The molecular formula is C15H13ClFN3. The summed E-state index contributed by atoms with van der Waals surface area (Å²) in [6, 6.07) is 5.53. The maximum absolute atomic E-state index is 14.2. The first-order valence-corrected chi connectivity index (χ1v) is 6.72. The fourth-order valence-corrected chi connectivity index (χ4v) is 3.32. The summed E-state index contributed by atoms with van der Waals surface area (Å²) in [5.41, 5.74) is 1.77. The van der Waals surface area contributed by atoms with Crippen molar-refractivity contribution >= 4 is 11.6 Å². The zero-order chi connectivity index (χ0) is 14.5. The highest BCUT2D eigenvalue weighted by molar-refractivity contribution is 6.29. The molecule has 0 saturated carbocycles. The minimum Gasteiger partial charge on any atom is -0.349 e. The number of hydrogen-bond donors (Lipinski definition) is 0. The average molecular weight is 290 g/mol.